The van der Waals surface area contributed by atoms with Crippen molar-refractivity contribution in [1.82, 2.24) is 10.2 Å². The van der Waals surface area contributed by atoms with Gasteiger partial charge >= 0.3 is 6.03 Å². The first kappa shape index (κ1) is 18.4. The molecule has 1 aliphatic rings. The number of carbonyl (C=O) groups is 1. The number of halogens is 2. The Morgan fingerprint density at radius 1 is 1.42 bits per heavy atom. The molecule has 1 fully saturated rings. The standard InChI is InChI=1S/C17H25F2N3O2/c1-11(2)22(9-12(3)23)17(24)20-14-6-7-21(10-14)16-5-4-13(18)8-15(16)19/h4-5,8,11-12,14,23H,6-7,9-10H2,1-3H3,(H,20,24). The van der Waals surface area contributed by atoms with E-state index in [0.29, 0.717) is 25.2 Å². The Balaban J connectivity index is 1.96. The van der Waals surface area contributed by atoms with Crippen LogP contribution in [0.25, 0.3) is 0 Å². The molecule has 2 atom stereocenters. The molecule has 2 amide bonds. The molecule has 0 aliphatic carbocycles. The van der Waals surface area contributed by atoms with E-state index in [4.69, 9.17) is 0 Å². The van der Waals surface area contributed by atoms with Crippen LogP contribution in [0.2, 0.25) is 0 Å². The number of hydrogen-bond acceptors (Lipinski definition) is 3. The van der Waals surface area contributed by atoms with Crippen LogP contribution in [0.5, 0.6) is 0 Å². The molecule has 1 heterocycles. The largest absolute Gasteiger partial charge is 0.392 e. The molecular weight excluding hydrogens is 316 g/mol. The van der Waals surface area contributed by atoms with Gasteiger partial charge in [0.2, 0.25) is 0 Å². The van der Waals surface area contributed by atoms with Gasteiger partial charge in [0.1, 0.15) is 11.6 Å². The predicted molar refractivity (Wildman–Crippen MR) is 89.0 cm³/mol. The Labute approximate surface area is 141 Å². The average molecular weight is 341 g/mol. The Kier molecular flexibility index (Phi) is 5.99. The zero-order chi connectivity index (χ0) is 17.9. The van der Waals surface area contributed by atoms with Crippen LogP contribution in [0.3, 0.4) is 0 Å². The molecule has 5 nitrogen and oxygen atoms in total. The quantitative estimate of drug-likeness (QED) is 0.864. The minimum absolute atomic E-state index is 0.0355. The second kappa shape index (κ2) is 7.79. The molecule has 0 radical (unpaired) electrons. The number of rotatable bonds is 5. The van der Waals surface area contributed by atoms with Crippen LogP contribution in [0, 0.1) is 11.6 Å². The van der Waals surface area contributed by atoms with Crippen molar-refractivity contribution in [3.05, 3.63) is 29.8 Å². The minimum Gasteiger partial charge on any atom is -0.392 e. The number of aliphatic hydroxyl groups is 1. The van der Waals surface area contributed by atoms with E-state index in [0.717, 1.165) is 6.07 Å². The number of amides is 2. The lowest BCUT2D eigenvalue weighted by Gasteiger charge is -2.29. The van der Waals surface area contributed by atoms with Crippen LogP contribution in [0.15, 0.2) is 18.2 Å². The summed E-state index contributed by atoms with van der Waals surface area (Å²) in [6.45, 7) is 6.72. The van der Waals surface area contributed by atoms with E-state index in [1.165, 1.54) is 12.1 Å². The van der Waals surface area contributed by atoms with Crippen molar-refractivity contribution in [2.24, 2.45) is 0 Å². The van der Waals surface area contributed by atoms with Crippen molar-refractivity contribution in [3.8, 4) is 0 Å². The Morgan fingerprint density at radius 2 is 2.12 bits per heavy atom. The fourth-order valence-corrected chi connectivity index (χ4v) is 2.91. The van der Waals surface area contributed by atoms with Gasteiger partial charge in [0, 0.05) is 37.8 Å². The van der Waals surface area contributed by atoms with E-state index in [1.54, 1.807) is 16.7 Å². The van der Waals surface area contributed by atoms with Gasteiger partial charge < -0.3 is 20.2 Å². The Hall–Kier alpha value is -1.89. The summed E-state index contributed by atoms with van der Waals surface area (Å²) in [6.07, 6.45) is 0.0786. The first-order valence-corrected chi connectivity index (χ1v) is 8.23. The molecule has 1 aromatic rings. The number of urea groups is 1. The monoisotopic (exact) mass is 341 g/mol. The smallest absolute Gasteiger partial charge is 0.317 e. The van der Waals surface area contributed by atoms with Crippen molar-refractivity contribution < 1.29 is 18.7 Å². The Morgan fingerprint density at radius 3 is 2.71 bits per heavy atom. The third-order valence-electron chi connectivity index (χ3n) is 4.11. The molecular formula is C17H25F2N3O2. The summed E-state index contributed by atoms with van der Waals surface area (Å²) in [5.74, 6) is -1.20. The summed E-state index contributed by atoms with van der Waals surface area (Å²) in [6, 6.07) is 3.13. The summed E-state index contributed by atoms with van der Waals surface area (Å²) >= 11 is 0. The van der Waals surface area contributed by atoms with Gasteiger partial charge in [-0.15, -0.1) is 0 Å². The van der Waals surface area contributed by atoms with Gasteiger partial charge in [-0.1, -0.05) is 0 Å². The van der Waals surface area contributed by atoms with Gasteiger partial charge in [0.05, 0.1) is 11.8 Å². The molecule has 7 heteroatoms. The van der Waals surface area contributed by atoms with Crippen LogP contribution in [-0.4, -0.2) is 53.9 Å². The van der Waals surface area contributed by atoms with Crippen LogP contribution in [0.1, 0.15) is 27.2 Å². The number of carbonyl (C=O) groups excluding carboxylic acids is 1. The predicted octanol–water partition coefficient (Wildman–Crippen LogP) is 2.34. The van der Waals surface area contributed by atoms with Crippen LogP contribution >= 0.6 is 0 Å². The molecule has 24 heavy (non-hydrogen) atoms. The van der Waals surface area contributed by atoms with Crippen LogP contribution < -0.4 is 10.2 Å². The number of benzene rings is 1. The molecule has 1 saturated heterocycles. The summed E-state index contributed by atoms with van der Waals surface area (Å²) in [7, 11) is 0. The zero-order valence-electron chi connectivity index (χ0n) is 14.3. The fourth-order valence-electron chi connectivity index (χ4n) is 2.91. The topological polar surface area (TPSA) is 55.8 Å². The molecule has 2 rings (SSSR count). The van der Waals surface area contributed by atoms with Crippen molar-refractivity contribution in [3.63, 3.8) is 0 Å². The molecule has 0 saturated carbocycles. The summed E-state index contributed by atoms with van der Waals surface area (Å²) in [5, 5.41) is 12.5. The highest BCUT2D eigenvalue weighted by Crippen LogP contribution is 2.24. The molecule has 2 unspecified atom stereocenters. The second-order valence-corrected chi connectivity index (χ2v) is 6.57. The van der Waals surface area contributed by atoms with E-state index in [1.807, 2.05) is 13.8 Å². The minimum atomic E-state index is -0.606. The van der Waals surface area contributed by atoms with E-state index >= 15 is 0 Å². The van der Waals surface area contributed by atoms with Crippen molar-refractivity contribution >= 4 is 11.7 Å². The maximum atomic E-state index is 13.9. The van der Waals surface area contributed by atoms with Crippen molar-refractivity contribution in [2.45, 2.75) is 45.4 Å². The lowest BCUT2D eigenvalue weighted by atomic mass is 10.2. The maximum Gasteiger partial charge on any atom is 0.317 e. The maximum absolute atomic E-state index is 13.9. The first-order chi connectivity index (χ1) is 11.3. The fraction of sp³-hybridized carbons (Fsp3) is 0.588. The third-order valence-corrected chi connectivity index (χ3v) is 4.11. The highest BCUT2D eigenvalue weighted by atomic mass is 19.1. The number of aliphatic hydroxyl groups excluding tert-OH is 1. The summed E-state index contributed by atoms with van der Waals surface area (Å²) < 4.78 is 26.9. The van der Waals surface area contributed by atoms with Gasteiger partial charge in [0.25, 0.3) is 0 Å². The van der Waals surface area contributed by atoms with Crippen LogP contribution in [-0.2, 0) is 0 Å². The SMILES string of the molecule is CC(O)CN(C(=O)NC1CCN(c2ccc(F)cc2F)C1)C(C)C. The number of hydrogen-bond donors (Lipinski definition) is 2. The highest BCUT2D eigenvalue weighted by Gasteiger charge is 2.28. The first-order valence-electron chi connectivity index (χ1n) is 8.23. The number of nitrogens with one attached hydrogen (secondary N) is 1. The molecule has 134 valence electrons. The second-order valence-electron chi connectivity index (χ2n) is 6.57. The van der Waals surface area contributed by atoms with E-state index in [2.05, 4.69) is 5.32 Å². The lowest BCUT2D eigenvalue weighted by molar-refractivity contribution is 0.117. The normalized spacial score (nSPS) is 18.8. The Bertz CT molecular complexity index is 581. The summed E-state index contributed by atoms with van der Waals surface area (Å²) in [4.78, 5) is 15.8. The van der Waals surface area contributed by atoms with E-state index < -0.39 is 17.7 Å². The molecule has 0 spiro atoms. The van der Waals surface area contributed by atoms with Crippen molar-refractivity contribution in [2.75, 3.05) is 24.5 Å². The highest BCUT2D eigenvalue weighted by molar-refractivity contribution is 5.75. The van der Waals surface area contributed by atoms with E-state index in [-0.39, 0.29) is 24.7 Å². The lowest BCUT2D eigenvalue weighted by Crippen LogP contribution is -2.50. The molecule has 2 N–H and O–H groups in total. The average Bonchev–Trinajstić information content (AvgIpc) is 2.92. The molecule has 1 aromatic carbocycles. The molecule has 0 bridgehead atoms. The van der Waals surface area contributed by atoms with Gasteiger partial charge in [-0.3, -0.25) is 0 Å². The van der Waals surface area contributed by atoms with Gasteiger partial charge in [0.15, 0.2) is 0 Å². The van der Waals surface area contributed by atoms with Crippen LogP contribution in [0.4, 0.5) is 19.3 Å². The van der Waals surface area contributed by atoms with Gasteiger partial charge in [-0.25, -0.2) is 13.6 Å². The zero-order valence-corrected chi connectivity index (χ0v) is 14.3. The van der Waals surface area contributed by atoms with E-state index in [9.17, 15) is 18.7 Å². The molecule has 1 aliphatic heterocycles. The third kappa shape index (κ3) is 4.56. The number of anilines is 1. The summed E-state index contributed by atoms with van der Waals surface area (Å²) in [5.41, 5.74) is 0.345. The van der Waals surface area contributed by atoms with Crippen molar-refractivity contribution in [1.29, 1.82) is 0 Å². The number of nitrogens with zero attached hydrogens (tertiary/aromatic N) is 2. The van der Waals surface area contributed by atoms with Gasteiger partial charge in [-0.2, -0.15) is 0 Å². The molecule has 0 aromatic heterocycles. The van der Waals surface area contributed by atoms with Gasteiger partial charge in [-0.05, 0) is 39.3 Å².